The van der Waals surface area contributed by atoms with Crippen LogP contribution >= 0.6 is 0 Å². The predicted octanol–water partition coefficient (Wildman–Crippen LogP) is -3.43. The lowest BCUT2D eigenvalue weighted by molar-refractivity contribution is -0.325. The maximum atomic E-state index is 12.1. The SMILES string of the molecule is CC(=O)NC1C(OC2C(CO)OC(Oc3ccc4c(C)cc(=O)oc4c3)C(NC(C)=O)C2O)OC(CO)C(O)C1O.O. The molecule has 2 aliphatic heterocycles. The number of ether oxygens (including phenoxy) is 4. The summed E-state index contributed by atoms with van der Waals surface area (Å²) in [5.41, 5.74) is 0.362. The van der Waals surface area contributed by atoms with Crippen molar-refractivity contribution in [3.63, 3.8) is 0 Å². The van der Waals surface area contributed by atoms with E-state index in [1.165, 1.54) is 19.1 Å². The number of aliphatic hydroxyl groups excluding tert-OH is 5. The minimum absolute atomic E-state index is 0. The molecule has 2 fully saturated rings. The molecule has 0 bridgehead atoms. The Kier molecular flexibility index (Phi) is 11.0. The molecule has 0 spiro atoms. The number of carbonyl (C=O) groups excluding carboxylic acids is 2. The van der Waals surface area contributed by atoms with Gasteiger partial charge in [0.25, 0.3) is 0 Å². The molecule has 1 aromatic carbocycles. The fourth-order valence-electron chi connectivity index (χ4n) is 4.98. The number of amides is 2. The second-order valence-electron chi connectivity index (χ2n) is 10.0. The van der Waals surface area contributed by atoms with Gasteiger partial charge in [-0.15, -0.1) is 0 Å². The minimum Gasteiger partial charge on any atom is -0.462 e. The highest BCUT2D eigenvalue weighted by molar-refractivity contribution is 5.81. The van der Waals surface area contributed by atoms with Crippen LogP contribution < -0.4 is 21.0 Å². The Morgan fingerprint density at radius 1 is 0.881 bits per heavy atom. The maximum absolute atomic E-state index is 12.1. The van der Waals surface area contributed by atoms with Gasteiger partial charge < -0.3 is 65.0 Å². The van der Waals surface area contributed by atoms with Crippen LogP contribution in [-0.4, -0.2) is 117 Å². The Labute approximate surface area is 239 Å². The molecule has 10 atom stereocenters. The third-order valence-electron chi connectivity index (χ3n) is 6.94. The van der Waals surface area contributed by atoms with Gasteiger partial charge in [-0.2, -0.15) is 0 Å². The number of fused-ring (bicyclic) bond motifs is 1. The molecule has 234 valence electrons. The first-order chi connectivity index (χ1) is 19.4. The molecule has 9 N–H and O–H groups in total. The van der Waals surface area contributed by atoms with Gasteiger partial charge in [-0.05, 0) is 24.6 Å². The smallest absolute Gasteiger partial charge is 0.336 e. The molecule has 10 unspecified atom stereocenters. The molecule has 42 heavy (non-hydrogen) atoms. The molecule has 0 saturated carbocycles. The van der Waals surface area contributed by atoms with Gasteiger partial charge in [-0.25, -0.2) is 4.79 Å². The van der Waals surface area contributed by atoms with E-state index in [4.69, 9.17) is 23.4 Å². The molecule has 0 aliphatic carbocycles. The summed E-state index contributed by atoms with van der Waals surface area (Å²) in [7, 11) is 0. The number of rotatable bonds is 8. The first-order valence-electron chi connectivity index (χ1n) is 12.9. The zero-order valence-electron chi connectivity index (χ0n) is 23.0. The fourth-order valence-corrected chi connectivity index (χ4v) is 4.98. The van der Waals surface area contributed by atoms with Crippen molar-refractivity contribution in [3.8, 4) is 5.75 Å². The van der Waals surface area contributed by atoms with Gasteiger partial charge in [0, 0.05) is 31.4 Å². The molecule has 2 aromatic rings. The summed E-state index contributed by atoms with van der Waals surface area (Å²) < 4.78 is 28.5. The standard InChI is InChI=1S/C26H34N2O13.H2O/c1-10-6-18(33)38-15-7-13(4-5-14(10)15)37-25-20(28-12(3)32)23(36)24(17(9-30)40-25)41-26-19(27-11(2)31)22(35)21(34)16(8-29)39-26;/h4-7,16-17,19-26,29-30,34-36H,8-9H2,1-3H3,(H,27,31)(H,28,32);1H2. The summed E-state index contributed by atoms with van der Waals surface area (Å²) in [6, 6.07) is 3.41. The normalized spacial score (nSPS) is 33.0. The second-order valence-corrected chi connectivity index (χ2v) is 10.0. The number of nitrogens with one attached hydrogen (secondary N) is 2. The van der Waals surface area contributed by atoms with Crippen LogP contribution in [0.4, 0.5) is 0 Å². The second kappa shape index (κ2) is 13.9. The molecule has 2 saturated heterocycles. The third-order valence-corrected chi connectivity index (χ3v) is 6.94. The Morgan fingerprint density at radius 2 is 1.48 bits per heavy atom. The lowest BCUT2D eigenvalue weighted by Crippen LogP contribution is -2.69. The van der Waals surface area contributed by atoms with Crippen molar-refractivity contribution in [1.82, 2.24) is 10.6 Å². The molecular weight excluding hydrogens is 564 g/mol. The highest BCUT2D eigenvalue weighted by Gasteiger charge is 2.52. The lowest BCUT2D eigenvalue weighted by Gasteiger charge is -2.48. The van der Waals surface area contributed by atoms with E-state index in [-0.39, 0.29) is 16.8 Å². The third kappa shape index (κ3) is 7.05. The lowest BCUT2D eigenvalue weighted by atomic mass is 9.94. The zero-order chi connectivity index (χ0) is 30.0. The summed E-state index contributed by atoms with van der Waals surface area (Å²) in [5, 5.41) is 57.5. The van der Waals surface area contributed by atoms with Gasteiger partial charge >= 0.3 is 5.63 Å². The maximum Gasteiger partial charge on any atom is 0.336 e. The van der Waals surface area contributed by atoms with Crippen molar-refractivity contribution < 1.29 is 64.0 Å². The molecule has 0 radical (unpaired) electrons. The fraction of sp³-hybridized carbons (Fsp3) is 0.577. The van der Waals surface area contributed by atoms with Crippen molar-refractivity contribution in [2.24, 2.45) is 0 Å². The van der Waals surface area contributed by atoms with Crippen LogP contribution in [0.3, 0.4) is 0 Å². The molecule has 1 aromatic heterocycles. The highest BCUT2D eigenvalue weighted by atomic mass is 16.7. The van der Waals surface area contributed by atoms with E-state index >= 15 is 0 Å². The van der Waals surface area contributed by atoms with Crippen molar-refractivity contribution in [3.05, 3.63) is 40.2 Å². The van der Waals surface area contributed by atoms with Crippen LogP contribution in [0.1, 0.15) is 19.4 Å². The van der Waals surface area contributed by atoms with E-state index in [0.29, 0.717) is 10.9 Å². The molecule has 3 heterocycles. The first kappa shape index (κ1) is 33.3. The van der Waals surface area contributed by atoms with Crippen LogP contribution in [0.15, 0.2) is 33.5 Å². The monoisotopic (exact) mass is 600 g/mol. The van der Waals surface area contributed by atoms with Gasteiger partial charge in [-0.1, -0.05) is 0 Å². The Balaban J connectivity index is 0.00000484. The predicted molar refractivity (Wildman–Crippen MR) is 141 cm³/mol. The van der Waals surface area contributed by atoms with Crippen molar-refractivity contribution >= 4 is 22.8 Å². The van der Waals surface area contributed by atoms with E-state index in [0.717, 1.165) is 6.92 Å². The first-order valence-corrected chi connectivity index (χ1v) is 12.9. The van der Waals surface area contributed by atoms with Crippen LogP contribution in [0.2, 0.25) is 0 Å². The van der Waals surface area contributed by atoms with E-state index in [9.17, 15) is 39.9 Å². The summed E-state index contributed by atoms with van der Waals surface area (Å²) in [6.07, 6.45) is -11.7. The highest BCUT2D eigenvalue weighted by Crippen LogP contribution is 2.31. The number of hydrogen-bond acceptors (Lipinski definition) is 13. The molecular formula is C26H36N2O14. The van der Waals surface area contributed by atoms with Gasteiger partial charge in [0.2, 0.25) is 18.1 Å². The van der Waals surface area contributed by atoms with Gasteiger partial charge in [0.1, 0.15) is 60.0 Å². The van der Waals surface area contributed by atoms with E-state index < -0.39 is 91.9 Å². The van der Waals surface area contributed by atoms with Gasteiger partial charge in [0.15, 0.2) is 6.29 Å². The largest absolute Gasteiger partial charge is 0.462 e. The average Bonchev–Trinajstić information content (AvgIpc) is 2.90. The average molecular weight is 601 g/mol. The van der Waals surface area contributed by atoms with E-state index in [2.05, 4.69) is 10.6 Å². The Morgan fingerprint density at radius 3 is 2.07 bits per heavy atom. The zero-order valence-corrected chi connectivity index (χ0v) is 23.0. The van der Waals surface area contributed by atoms with Crippen LogP contribution in [0.5, 0.6) is 5.75 Å². The quantitative estimate of drug-likeness (QED) is 0.146. The van der Waals surface area contributed by atoms with Gasteiger partial charge in [0.05, 0.1) is 13.2 Å². The number of aliphatic hydroxyl groups is 5. The number of carbonyl (C=O) groups is 2. The Hall–Kier alpha value is -3.19. The summed E-state index contributed by atoms with van der Waals surface area (Å²) in [4.78, 5) is 35.7. The molecule has 2 aliphatic rings. The van der Waals surface area contributed by atoms with Crippen molar-refractivity contribution in [2.45, 2.75) is 82.1 Å². The molecule has 4 rings (SSSR count). The molecule has 2 amide bonds. The molecule has 16 heteroatoms. The number of aryl methyl sites for hydroxylation is 1. The van der Waals surface area contributed by atoms with Crippen LogP contribution in [-0.2, 0) is 23.8 Å². The number of hydrogen-bond donors (Lipinski definition) is 7. The summed E-state index contributed by atoms with van der Waals surface area (Å²) >= 11 is 0. The van der Waals surface area contributed by atoms with E-state index in [1.807, 2.05) is 0 Å². The van der Waals surface area contributed by atoms with Gasteiger partial charge in [-0.3, -0.25) is 9.59 Å². The molecule has 16 nitrogen and oxygen atoms in total. The summed E-state index contributed by atoms with van der Waals surface area (Å²) in [5.74, 6) is -0.985. The van der Waals surface area contributed by atoms with E-state index in [1.54, 1.807) is 19.1 Å². The van der Waals surface area contributed by atoms with Crippen LogP contribution in [0.25, 0.3) is 11.0 Å². The Bertz CT molecular complexity index is 1300. The van der Waals surface area contributed by atoms with Crippen molar-refractivity contribution in [1.29, 1.82) is 0 Å². The minimum atomic E-state index is -1.62. The van der Waals surface area contributed by atoms with Crippen LogP contribution in [0, 0.1) is 6.92 Å². The summed E-state index contributed by atoms with van der Waals surface area (Å²) in [6.45, 7) is 2.71. The number of benzene rings is 1. The van der Waals surface area contributed by atoms with Crippen molar-refractivity contribution in [2.75, 3.05) is 13.2 Å². The topological polar surface area (TPSA) is 258 Å².